The minimum absolute atomic E-state index is 0.102. The number of anilines is 2. The Bertz CT molecular complexity index is 1050. The van der Waals surface area contributed by atoms with Crippen LogP contribution in [0.15, 0.2) is 52.3 Å². The number of thioether (sulfide) groups is 1. The highest BCUT2D eigenvalue weighted by molar-refractivity contribution is 8.00. The molecule has 0 saturated carbocycles. The van der Waals surface area contributed by atoms with E-state index < -0.39 is 10.0 Å². The number of nitrogens with one attached hydrogen (secondary N) is 2. The summed E-state index contributed by atoms with van der Waals surface area (Å²) in [5.41, 5.74) is 1.40. The minimum Gasteiger partial charge on any atom is -0.324 e. The molecular weight excluding hydrogens is 398 g/mol. The van der Waals surface area contributed by atoms with Gasteiger partial charge in [0.1, 0.15) is 0 Å². The van der Waals surface area contributed by atoms with Crippen LogP contribution in [-0.2, 0) is 14.8 Å². The molecule has 0 radical (unpaired) electrons. The standard InChI is InChI=1S/C19H19N3O4S2/c23-18-12-27-17-7-6-13(10-16(17)21-18)19(24)20-14-4-3-5-15(11-14)28(25,26)22-8-1-2-9-22/h3-7,10-11H,1-2,8-9,12H2,(H,20,24)(H,21,23). The molecule has 2 aliphatic rings. The molecule has 2 aliphatic heterocycles. The zero-order chi connectivity index (χ0) is 19.7. The molecular formula is C19H19N3O4S2. The molecule has 0 atom stereocenters. The number of carbonyl (C=O) groups excluding carboxylic acids is 2. The highest BCUT2D eigenvalue weighted by Gasteiger charge is 2.27. The molecule has 1 saturated heterocycles. The fourth-order valence-electron chi connectivity index (χ4n) is 3.24. The van der Waals surface area contributed by atoms with Gasteiger partial charge in [-0.25, -0.2) is 8.42 Å². The van der Waals surface area contributed by atoms with Crippen LogP contribution in [0.5, 0.6) is 0 Å². The number of nitrogens with zero attached hydrogens (tertiary/aromatic N) is 1. The van der Waals surface area contributed by atoms with E-state index in [9.17, 15) is 18.0 Å². The zero-order valence-corrected chi connectivity index (χ0v) is 16.6. The Morgan fingerprint density at radius 1 is 1.11 bits per heavy atom. The van der Waals surface area contributed by atoms with Gasteiger partial charge >= 0.3 is 0 Å². The van der Waals surface area contributed by atoms with Crippen molar-refractivity contribution in [3.05, 3.63) is 48.0 Å². The van der Waals surface area contributed by atoms with Gasteiger partial charge in [-0.3, -0.25) is 9.59 Å². The normalized spacial score (nSPS) is 17.1. The number of benzene rings is 2. The predicted octanol–water partition coefficient (Wildman–Crippen LogP) is 2.77. The molecule has 0 aromatic heterocycles. The molecule has 28 heavy (non-hydrogen) atoms. The van der Waals surface area contributed by atoms with Crippen LogP contribution in [-0.4, -0.2) is 43.4 Å². The topological polar surface area (TPSA) is 95.6 Å². The van der Waals surface area contributed by atoms with Crippen molar-refractivity contribution in [1.29, 1.82) is 0 Å². The molecule has 0 spiro atoms. The van der Waals surface area contributed by atoms with E-state index in [-0.39, 0.29) is 16.7 Å². The van der Waals surface area contributed by atoms with Gasteiger partial charge in [-0.15, -0.1) is 11.8 Å². The SMILES string of the molecule is O=C1CSc2ccc(C(=O)Nc3cccc(S(=O)(=O)N4CCCC4)c3)cc2N1. The number of fused-ring (bicyclic) bond motifs is 1. The van der Waals surface area contributed by atoms with Gasteiger partial charge in [0.25, 0.3) is 5.91 Å². The van der Waals surface area contributed by atoms with Crippen molar-refractivity contribution in [2.24, 2.45) is 0 Å². The molecule has 0 aliphatic carbocycles. The third kappa shape index (κ3) is 3.78. The Morgan fingerprint density at radius 3 is 2.68 bits per heavy atom. The number of amides is 2. The van der Waals surface area contributed by atoms with Gasteiger partial charge in [-0.1, -0.05) is 6.07 Å². The van der Waals surface area contributed by atoms with Crippen molar-refractivity contribution < 1.29 is 18.0 Å². The molecule has 146 valence electrons. The van der Waals surface area contributed by atoms with E-state index >= 15 is 0 Å². The Labute approximate surface area is 167 Å². The van der Waals surface area contributed by atoms with Crippen molar-refractivity contribution >= 4 is 45.0 Å². The lowest BCUT2D eigenvalue weighted by molar-refractivity contribution is -0.113. The maximum absolute atomic E-state index is 12.7. The molecule has 9 heteroatoms. The molecule has 2 N–H and O–H groups in total. The smallest absolute Gasteiger partial charge is 0.255 e. The Balaban J connectivity index is 1.54. The van der Waals surface area contributed by atoms with Crippen molar-refractivity contribution in [2.75, 3.05) is 29.5 Å². The fraction of sp³-hybridized carbons (Fsp3) is 0.263. The third-order valence-corrected chi connectivity index (χ3v) is 7.64. The van der Waals surface area contributed by atoms with Gasteiger partial charge in [0.05, 0.1) is 16.3 Å². The van der Waals surface area contributed by atoms with E-state index in [1.807, 2.05) is 0 Å². The predicted molar refractivity (Wildman–Crippen MR) is 108 cm³/mol. The van der Waals surface area contributed by atoms with Gasteiger partial charge < -0.3 is 10.6 Å². The van der Waals surface area contributed by atoms with E-state index in [2.05, 4.69) is 10.6 Å². The molecule has 0 unspecified atom stereocenters. The van der Waals surface area contributed by atoms with Crippen LogP contribution in [0, 0.1) is 0 Å². The summed E-state index contributed by atoms with van der Waals surface area (Å²) in [6.45, 7) is 1.05. The van der Waals surface area contributed by atoms with E-state index in [0.29, 0.717) is 35.8 Å². The first-order chi connectivity index (χ1) is 13.4. The first-order valence-electron chi connectivity index (χ1n) is 8.92. The average molecular weight is 418 g/mol. The summed E-state index contributed by atoms with van der Waals surface area (Å²) in [5, 5.41) is 5.49. The van der Waals surface area contributed by atoms with Crippen molar-refractivity contribution in [3.63, 3.8) is 0 Å². The van der Waals surface area contributed by atoms with Crippen LogP contribution < -0.4 is 10.6 Å². The molecule has 1 fully saturated rings. The highest BCUT2D eigenvalue weighted by atomic mass is 32.2. The summed E-state index contributed by atoms with van der Waals surface area (Å²) >= 11 is 1.42. The number of hydrogen-bond acceptors (Lipinski definition) is 5. The molecule has 4 rings (SSSR count). The van der Waals surface area contributed by atoms with Gasteiger partial charge in [-0.05, 0) is 49.2 Å². The quantitative estimate of drug-likeness (QED) is 0.798. The summed E-state index contributed by atoms with van der Waals surface area (Å²) in [5.74, 6) is -0.116. The average Bonchev–Trinajstić information content (AvgIpc) is 3.23. The lowest BCUT2D eigenvalue weighted by Gasteiger charge is -2.17. The van der Waals surface area contributed by atoms with E-state index in [1.54, 1.807) is 30.3 Å². The number of carbonyl (C=O) groups is 2. The summed E-state index contributed by atoms with van der Waals surface area (Å²) in [6.07, 6.45) is 1.73. The van der Waals surface area contributed by atoms with Crippen LogP contribution in [0.4, 0.5) is 11.4 Å². The zero-order valence-electron chi connectivity index (χ0n) is 15.0. The van der Waals surface area contributed by atoms with Crippen LogP contribution >= 0.6 is 11.8 Å². The Morgan fingerprint density at radius 2 is 1.89 bits per heavy atom. The summed E-state index contributed by atoms with van der Waals surface area (Å²) < 4.78 is 26.9. The van der Waals surface area contributed by atoms with Crippen molar-refractivity contribution in [1.82, 2.24) is 4.31 Å². The van der Waals surface area contributed by atoms with Gasteiger partial charge in [0.2, 0.25) is 15.9 Å². The van der Waals surface area contributed by atoms with Gasteiger partial charge in [0.15, 0.2) is 0 Å². The lowest BCUT2D eigenvalue weighted by atomic mass is 10.1. The fourth-order valence-corrected chi connectivity index (χ4v) is 5.59. The van der Waals surface area contributed by atoms with Crippen LogP contribution in [0.3, 0.4) is 0 Å². The second-order valence-corrected chi connectivity index (χ2v) is 9.60. The maximum atomic E-state index is 12.7. The van der Waals surface area contributed by atoms with Crippen molar-refractivity contribution in [3.8, 4) is 0 Å². The van der Waals surface area contributed by atoms with Gasteiger partial charge in [-0.2, -0.15) is 4.31 Å². The monoisotopic (exact) mass is 417 g/mol. The summed E-state index contributed by atoms with van der Waals surface area (Å²) in [6, 6.07) is 11.4. The van der Waals surface area contributed by atoms with Crippen LogP contribution in [0.1, 0.15) is 23.2 Å². The molecule has 2 amide bonds. The third-order valence-electron chi connectivity index (χ3n) is 4.67. The second kappa shape index (κ2) is 7.57. The second-order valence-electron chi connectivity index (χ2n) is 6.64. The van der Waals surface area contributed by atoms with Crippen LogP contribution in [0.25, 0.3) is 0 Å². The Hall–Kier alpha value is -2.36. The molecule has 7 nitrogen and oxygen atoms in total. The number of rotatable bonds is 4. The molecule has 2 aromatic carbocycles. The van der Waals surface area contributed by atoms with E-state index in [4.69, 9.17) is 0 Å². The molecule has 0 bridgehead atoms. The largest absolute Gasteiger partial charge is 0.324 e. The minimum atomic E-state index is -3.55. The molecule has 2 heterocycles. The highest BCUT2D eigenvalue weighted by Crippen LogP contribution is 2.32. The lowest BCUT2D eigenvalue weighted by Crippen LogP contribution is -2.27. The van der Waals surface area contributed by atoms with Crippen LogP contribution in [0.2, 0.25) is 0 Å². The Kier molecular flexibility index (Phi) is 5.13. The first kappa shape index (κ1) is 19.0. The van der Waals surface area contributed by atoms with Gasteiger partial charge in [0, 0.05) is 29.2 Å². The number of sulfonamides is 1. The van der Waals surface area contributed by atoms with E-state index in [0.717, 1.165) is 17.7 Å². The van der Waals surface area contributed by atoms with Crippen molar-refractivity contribution in [2.45, 2.75) is 22.6 Å². The molecule has 2 aromatic rings. The summed E-state index contributed by atoms with van der Waals surface area (Å²) in [7, 11) is -3.55. The maximum Gasteiger partial charge on any atom is 0.255 e. The first-order valence-corrected chi connectivity index (χ1v) is 11.3. The number of hydrogen-bond donors (Lipinski definition) is 2. The summed E-state index contributed by atoms with van der Waals surface area (Å²) in [4.78, 5) is 25.2. The van der Waals surface area contributed by atoms with E-state index in [1.165, 1.54) is 28.2 Å².